The van der Waals surface area contributed by atoms with Crippen LogP contribution in [0.4, 0.5) is 0 Å². The van der Waals surface area contributed by atoms with Crippen LogP contribution in [0.15, 0.2) is 0 Å². The van der Waals surface area contributed by atoms with Crippen molar-refractivity contribution in [1.29, 1.82) is 0 Å². The van der Waals surface area contributed by atoms with Crippen molar-refractivity contribution in [2.75, 3.05) is 32.9 Å². The maximum Gasteiger partial charge on any atom is 0.210 e. The Hall–Kier alpha value is -0.500. The summed E-state index contributed by atoms with van der Waals surface area (Å²) in [5, 5.41) is 1.12. The highest BCUT2D eigenvalue weighted by Gasteiger charge is 2.20. The molecule has 7 heteroatoms. The second-order valence-electron chi connectivity index (χ2n) is 4.71. The summed E-state index contributed by atoms with van der Waals surface area (Å²) < 4.78 is 24.0. The number of sulfonamides is 1. The van der Waals surface area contributed by atoms with Gasteiger partial charge in [0.25, 0.3) is 0 Å². The molecular weight excluding hydrogens is 270 g/mol. The van der Waals surface area contributed by atoms with Crippen molar-refractivity contribution in [3.05, 3.63) is 15.6 Å². The number of likely N-dealkylation sites (N-methyl/N-ethyl adjacent to an activating group) is 1. The molecule has 0 amide bonds. The number of aryl methyl sites for hydroxylation is 1. The molecule has 2 rings (SSSR count). The third kappa shape index (κ3) is 3.28. The van der Waals surface area contributed by atoms with Gasteiger partial charge in [-0.3, -0.25) is 4.90 Å². The second kappa shape index (κ2) is 5.24. The number of hydrogen-bond acceptors (Lipinski definition) is 5. The number of fused-ring (bicyclic) bond motifs is 1. The Kier molecular flexibility index (Phi) is 4.05. The Morgan fingerprint density at radius 1 is 1.50 bits per heavy atom. The van der Waals surface area contributed by atoms with Crippen molar-refractivity contribution >= 4 is 21.4 Å². The van der Waals surface area contributed by atoms with Gasteiger partial charge in [0.15, 0.2) is 0 Å². The minimum absolute atomic E-state index is 0.548. The lowest BCUT2D eigenvalue weighted by Crippen LogP contribution is -2.38. The first-order chi connectivity index (χ1) is 8.36. The van der Waals surface area contributed by atoms with Gasteiger partial charge in [0.1, 0.15) is 0 Å². The number of thiazole rings is 1. The summed E-state index contributed by atoms with van der Waals surface area (Å²) in [6, 6.07) is 0. The van der Waals surface area contributed by atoms with Crippen LogP contribution in [0.3, 0.4) is 0 Å². The molecule has 0 bridgehead atoms. The summed E-state index contributed by atoms with van der Waals surface area (Å²) in [7, 11) is -1.44. The Labute approximate surface area is 112 Å². The van der Waals surface area contributed by atoms with Gasteiger partial charge in [-0.05, 0) is 6.92 Å². The predicted molar refractivity (Wildman–Crippen MR) is 73.3 cm³/mol. The number of hydrogen-bond donors (Lipinski definition) is 0. The maximum atomic E-state index is 11.3. The number of rotatable bonds is 4. The number of aromatic nitrogens is 1. The van der Waals surface area contributed by atoms with Crippen molar-refractivity contribution in [1.82, 2.24) is 14.2 Å². The summed E-state index contributed by atoms with van der Waals surface area (Å²) in [5.74, 6) is 0. The smallest absolute Gasteiger partial charge is 0.210 e. The van der Waals surface area contributed by atoms with Crippen LogP contribution in [-0.4, -0.2) is 55.5 Å². The fourth-order valence-corrected chi connectivity index (χ4v) is 3.45. The monoisotopic (exact) mass is 289 g/mol. The zero-order chi connectivity index (χ0) is 13.3. The molecule has 5 nitrogen and oxygen atoms in total. The summed E-state index contributed by atoms with van der Waals surface area (Å²) in [4.78, 5) is 8.13. The van der Waals surface area contributed by atoms with Crippen LogP contribution in [0.2, 0.25) is 0 Å². The van der Waals surface area contributed by atoms with E-state index < -0.39 is 10.0 Å². The van der Waals surface area contributed by atoms with Gasteiger partial charge in [0.2, 0.25) is 10.0 Å². The Balaban J connectivity index is 1.90. The van der Waals surface area contributed by atoms with Crippen LogP contribution in [0.5, 0.6) is 0 Å². The minimum atomic E-state index is -3.06. The van der Waals surface area contributed by atoms with Gasteiger partial charge < -0.3 is 0 Å². The molecule has 1 aromatic heterocycles. The van der Waals surface area contributed by atoms with Crippen LogP contribution >= 0.6 is 11.3 Å². The lowest BCUT2D eigenvalue weighted by molar-refractivity contribution is 0.241. The summed E-state index contributed by atoms with van der Waals surface area (Å²) in [5.41, 5.74) is 1.23. The fraction of sp³-hybridized carbons (Fsp3) is 0.727. The van der Waals surface area contributed by atoms with Crippen LogP contribution in [0.1, 0.15) is 15.6 Å². The van der Waals surface area contributed by atoms with E-state index in [-0.39, 0.29) is 0 Å². The fourth-order valence-electron chi connectivity index (χ4n) is 2.02. The molecule has 0 radical (unpaired) electrons. The summed E-state index contributed by atoms with van der Waals surface area (Å²) in [6.07, 6.45) is 2.22. The molecule has 0 saturated heterocycles. The van der Waals surface area contributed by atoms with Gasteiger partial charge in [-0.25, -0.2) is 17.7 Å². The van der Waals surface area contributed by atoms with E-state index in [9.17, 15) is 8.42 Å². The first-order valence-corrected chi connectivity index (χ1v) is 8.61. The van der Waals surface area contributed by atoms with Crippen molar-refractivity contribution in [3.8, 4) is 0 Å². The predicted octanol–water partition coefficient (Wildman–Crippen LogP) is 0.701. The highest BCUT2D eigenvalue weighted by molar-refractivity contribution is 7.88. The third-order valence-corrected chi connectivity index (χ3v) is 5.53. The van der Waals surface area contributed by atoms with E-state index in [1.165, 1.54) is 21.1 Å². The van der Waals surface area contributed by atoms with E-state index in [4.69, 9.17) is 0 Å². The zero-order valence-corrected chi connectivity index (χ0v) is 12.6. The van der Waals surface area contributed by atoms with Crippen molar-refractivity contribution in [2.24, 2.45) is 0 Å². The summed E-state index contributed by atoms with van der Waals surface area (Å²) in [6.45, 7) is 5.23. The topological polar surface area (TPSA) is 53.5 Å². The van der Waals surface area contributed by atoms with Crippen molar-refractivity contribution < 1.29 is 8.42 Å². The third-order valence-electron chi connectivity index (χ3n) is 3.21. The van der Waals surface area contributed by atoms with Gasteiger partial charge in [-0.15, -0.1) is 11.3 Å². The standard InChI is InChI=1S/C11H19N3O2S2/c1-9-12-10-4-5-14(8-11(10)17-9)7-6-13(2)18(3,15)16/h4-8H2,1-3H3. The van der Waals surface area contributed by atoms with E-state index in [0.717, 1.165) is 31.1 Å². The lowest BCUT2D eigenvalue weighted by atomic mass is 10.2. The van der Waals surface area contributed by atoms with E-state index in [1.54, 1.807) is 18.4 Å². The average molecular weight is 289 g/mol. The molecule has 1 aliphatic rings. The van der Waals surface area contributed by atoms with Crippen LogP contribution < -0.4 is 0 Å². The first kappa shape index (κ1) is 13.9. The molecular formula is C11H19N3O2S2. The molecule has 1 aliphatic heterocycles. The van der Waals surface area contributed by atoms with E-state index >= 15 is 0 Å². The Morgan fingerprint density at radius 2 is 2.22 bits per heavy atom. The molecule has 1 aromatic rings. The summed E-state index contributed by atoms with van der Waals surface area (Å²) >= 11 is 1.75. The lowest BCUT2D eigenvalue weighted by Gasteiger charge is -2.27. The molecule has 0 unspecified atom stereocenters. The van der Waals surface area contributed by atoms with E-state index in [1.807, 2.05) is 6.92 Å². The van der Waals surface area contributed by atoms with E-state index in [0.29, 0.717) is 6.54 Å². The van der Waals surface area contributed by atoms with Crippen molar-refractivity contribution in [3.63, 3.8) is 0 Å². The molecule has 0 fully saturated rings. The van der Waals surface area contributed by atoms with Gasteiger partial charge >= 0.3 is 0 Å². The largest absolute Gasteiger partial charge is 0.296 e. The number of nitrogens with zero attached hydrogens (tertiary/aromatic N) is 3. The van der Waals surface area contributed by atoms with Gasteiger partial charge in [0.05, 0.1) is 17.0 Å². The quantitative estimate of drug-likeness (QED) is 0.819. The molecule has 18 heavy (non-hydrogen) atoms. The molecule has 102 valence electrons. The van der Waals surface area contributed by atoms with E-state index in [2.05, 4.69) is 9.88 Å². The Bertz CT molecular complexity index is 524. The first-order valence-electron chi connectivity index (χ1n) is 5.95. The highest BCUT2D eigenvalue weighted by atomic mass is 32.2. The average Bonchev–Trinajstić information content (AvgIpc) is 2.63. The normalized spacial score (nSPS) is 17.1. The van der Waals surface area contributed by atoms with Crippen molar-refractivity contribution in [2.45, 2.75) is 19.9 Å². The van der Waals surface area contributed by atoms with Gasteiger partial charge in [-0.1, -0.05) is 0 Å². The maximum absolute atomic E-state index is 11.3. The molecule has 0 atom stereocenters. The highest BCUT2D eigenvalue weighted by Crippen LogP contribution is 2.24. The van der Waals surface area contributed by atoms with Crippen LogP contribution in [0.25, 0.3) is 0 Å². The molecule has 0 aliphatic carbocycles. The molecule has 2 heterocycles. The minimum Gasteiger partial charge on any atom is -0.296 e. The molecule has 0 spiro atoms. The molecule has 0 aromatic carbocycles. The van der Waals surface area contributed by atoms with Crippen LogP contribution in [-0.2, 0) is 23.0 Å². The SMILES string of the molecule is Cc1nc2c(s1)CN(CCN(C)S(C)(=O)=O)CC2. The van der Waals surface area contributed by atoms with Crippen LogP contribution in [0, 0.1) is 6.92 Å². The Morgan fingerprint density at radius 3 is 2.89 bits per heavy atom. The second-order valence-corrected chi connectivity index (χ2v) is 8.09. The molecule has 0 N–H and O–H groups in total. The van der Waals surface area contributed by atoms with Gasteiger partial charge in [0, 0.05) is 44.5 Å². The zero-order valence-electron chi connectivity index (χ0n) is 11.0. The molecule has 0 saturated carbocycles. The van der Waals surface area contributed by atoms with Gasteiger partial charge in [-0.2, -0.15) is 0 Å².